The van der Waals surface area contributed by atoms with E-state index in [4.69, 9.17) is 4.74 Å². The van der Waals surface area contributed by atoms with E-state index in [1.54, 1.807) is 7.11 Å². The number of nitrogens with zero attached hydrogens (tertiary/aromatic N) is 2. The lowest BCUT2D eigenvalue weighted by Gasteiger charge is -2.28. The van der Waals surface area contributed by atoms with Gasteiger partial charge in [0.25, 0.3) is 0 Å². The van der Waals surface area contributed by atoms with E-state index in [1.807, 2.05) is 36.4 Å². The minimum atomic E-state index is -0.688. The number of aliphatic carboxylic acids is 1. The first-order valence-corrected chi connectivity index (χ1v) is 8.62. The predicted molar refractivity (Wildman–Crippen MR) is 95.6 cm³/mol. The third kappa shape index (κ3) is 4.26. The normalized spacial score (nSPS) is 20.0. The molecule has 1 heterocycles. The first kappa shape index (κ1) is 17.2. The van der Waals surface area contributed by atoms with Crippen LogP contribution in [0, 0.1) is 11.8 Å². The minimum absolute atomic E-state index is 0.148. The van der Waals surface area contributed by atoms with E-state index in [2.05, 4.69) is 15.5 Å². The van der Waals surface area contributed by atoms with Crippen LogP contribution in [0.1, 0.15) is 25.7 Å². The van der Waals surface area contributed by atoms with Crippen molar-refractivity contribution >= 4 is 11.8 Å². The van der Waals surface area contributed by atoms with Crippen LogP contribution in [-0.2, 0) is 4.79 Å². The molecule has 3 rings (SSSR count). The number of nitrogens with one attached hydrogen (secondary N) is 1. The number of rotatable bonds is 6. The van der Waals surface area contributed by atoms with E-state index in [-0.39, 0.29) is 11.8 Å². The lowest BCUT2D eigenvalue weighted by Crippen LogP contribution is -2.31. The third-order valence-electron chi connectivity index (χ3n) is 4.82. The van der Waals surface area contributed by atoms with Crippen LogP contribution in [-0.4, -0.2) is 34.9 Å². The molecule has 0 unspecified atom stereocenters. The summed E-state index contributed by atoms with van der Waals surface area (Å²) in [6, 6.07) is 11.4. The van der Waals surface area contributed by atoms with Gasteiger partial charge in [0.15, 0.2) is 0 Å². The molecular weight excluding hydrogens is 318 g/mol. The summed E-state index contributed by atoms with van der Waals surface area (Å²) in [6.45, 7) is 0.619. The number of carboxylic acid groups (broad SMARTS) is 1. The molecule has 0 spiro atoms. The number of ether oxygens (including phenoxy) is 1. The van der Waals surface area contributed by atoms with Gasteiger partial charge in [0.1, 0.15) is 11.6 Å². The Bertz CT molecular complexity index is 701. The number of hydrogen-bond acceptors (Lipinski definition) is 5. The van der Waals surface area contributed by atoms with Gasteiger partial charge in [-0.05, 0) is 55.2 Å². The molecule has 1 saturated carbocycles. The van der Waals surface area contributed by atoms with E-state index in [9.17, 15) is 9.90 Å². The molecule has 0 amide bonds. The Morgan fingerprint density at radius 2 is 1.92 bits per heavy atom. The second kappa shape index (κ2) is 7.96. The Hall–Kier alpha value is -2.63. The Balaban J connectivity index is 1.61. The number of benzene rings is 1. The van der Waals surface area contributed by atoms with E-state index in [0.717, 1.165) is 42.7 Å². The van der Waals surface area contributed by atoms with Crippen molar-refractivity contribution in [2.24, 2.45) is 11.8 Å². The molecule has 1 aliphatic carbocycles. The van der Waals surface area contributed by atoms with Crippen molar-refractivity contribution in [2.75, 3.05) is 19.0 Å². The second-order valence-electron chi connectivity index (χ2n) is 6.40. The van der Waals surface area contributed by atoms with Gasteiger partial charge >= 0.3 is 5.97 Å². The minimum Gasteiger partial charge on any atom is -0.497 e. The number of anilines is 1. The highest BCUT2D eigenvalue weighted by Gasteiger charge is 2.30. The SMILES string of the molecule is COc1ccc(-c2ccc(NC[C@@H]3CCCC[C@@H]3C(=O)O)nn2)cc1. The smallest absolute Gasteiger partial charge is 0.306 e. The summed E-state index contributed by atoms with van der Waals surface area (Å²) >= 11 is 0. The predicted octanol–water partition coefficient (Wildman–Crippen LogP) is 3.46. The fraction of sp³-hybridized carbons (Fsp3) is 0.421. The van der Waals surface area contributed by atoms with Crippen molar-refractivity contribution in [3.05, 3.63) is 36.4 Å². The molecule has 6 nitrogen and oxygen atoms in total. The molecule has 2 atom stereocenters. The fourth-order valence-electron chi connectivity index (χ4n) is 3.36. The molecule has 2 N–H and O–H groups in total. The molecule has 6 heteroatoms. The molecule has 1 aliphatic rings. The Morgan fingerprint density at radius 1 is 1.16 bits per heavy atom. The Labute approximate surface area is 147 Å². The van der Waals surface area contributed by atoms with E-state index < -0.39 is 5.97 Å². The summed E-state index contributed by atoms with van der Waals surface area (Å²) in [5.74, 6) is 0.678. The zero-order chi connectivity index (χ0) is 17.6. The Kier molecular flexibility index (Phi) is 5.48. The van der Waals surface area contributed by atoms with Crippen LogP contribution < -0.4 is 10.1 Å². The van der Waals surface area contributed by atoms with Crippen LogP contribution in [0.5, 0.6) is 5.75 Å². The largest absolute Gasteiger partial charge is 0.497 e. The highest BCUT2D eigenvalue weighted by Crippen LogP contribution is 2.30. The van der Waals surface area contributed by atoms with Crippen LogP contribution in [0.2, 0.25) is 0 Å². The molecule has 0 radical (unpaired) electrons. The highest BCUT2D eigenvalue weighted by atomic mass is 16.5. The highest BCUT2D eigenvalue weighted by molar-refractivity contribution is 5.70. The van der Waals surface area contributed by atoms with Gasteiger partial charge in [-0.2, -0.15) is 0 Å². The average molecular weight is 341 g/mol. The number of aromatic nitrogens is 2. The van der Waals surface area contributed by atoms with Crippen molar-refractivity contribution in [3.8, 4) is 17.0 Å². The molecule has 0 saturated heterocycles. The van der Waals surface area contributed by atoms with Gasteiger partial charge in [0.2, 0.25) is 0 Å². The van der Waals surface area contributed by atoms with E-state index in [1.165, 1.54) is 0 Å². The molecule has 1 fully saturated rings. The van der Waals surface area contributed by atoms with Crippen LogP contribution in [0.15, 0.2) is 36.4 Å². The fourth-order valence-corrected chi connectivity index (χ4v) is 3.36. The van der Waals surface area contributed by atoms with Crippen molar-refractivity contribution in [2.45, 2.75) is 25.7 Å². The quantitative estimate of drug-likeness (QED) is 0.837. The van der Waals surface area contributed by atoms with E-state index >= 15 is 0 Å². The summed E-state index contributed by atoms with van der Waals surface area (Å²) in [5.41, 5.74) is 1.76. The zero-order valence-electron chi connectivity index (χ0n) is 14.3. The lowest BCUT2D eigenvalue weighted by atomic mass is 9.79. The van der Waals surface area contributed by atoms with Gasteiger partial charge in [0, 0.05) is 12.1 Å². The van der Waals surface area contributed by atoms with Gasteiger partial charge in [-0.1, -0.05) is 12.8 Å². The maximum atomic E-state index is 11.4. The summed E-state index contributed by atoms with van der Waals surface area (Å²) in [6.07, 6.45) is 3.81. The van der Waals surface area contributed by atoms with Crippen LogP contribution in [0.3, 0.4) is 0 Å². The van der Waals surface area contributed by atoms with Crippen LogP contribution >= 0.6 is 0 Å². The van der Waals surface area contributed by atoms with Gasteiger partial charge in [-0.15, -0.1) is 10.2 Å². The maximum absolute atomic E-state index is 11.4. The first-order chi connectivity index (χ1) is 12.2. The van der Waals surface area contributed by atoms with Gasteiger partial charge in [-0.3, -0.25) is 4.79 Å². The van der Waals surface area contributed by atoms with Crippen molar-refractivity contribution in [1.82, 2.24) is 10.2 Å². The van der Waals surface area contributed by atoms with E-state index in [0.29, 0.717) is 12.4 Å². The molecule has 132 valence electrons. The second-order valence-corrected chi connectivity index (χ2v) is 6.40. The van der Waals surface area contributed by atoms with Gasteiger partial charge < -0.3 is 15.2 Å². The van der Waals surface area contributed by atoms with Crippen molar-refractivity contribution < 1.29 is 14.6 Å². The summed E-state index contributed by atoms with van der Waals surface area (Å²) < 4.78 is 5.15. The summed E-state index contributed by atoms with van der Waals surface area (Å²) in [4.78, 5) is 11.4. The summed E-state index contributed by atoms with van der Waals surface area (Å²) in [7, 11) is 1.64. The van der Waals surface area contributed by atoms with Crippen LogP contribution in [0.25, 0.3) is 11.3 Å². The topological polar surface area (TPSA) is 84.3 Å². The molecule has 2 aromatic rings. The number of carbonyl (C=O) groups is 1. The Morgan fingerprint density at radius 3 is 2.56 bits per heavy atom. The number of hydrogen-bond donors (Lipinski definition) is 2. The molecular formula is C19H23N3O3. The first-order valence-electron chi connectivity index (χ1n) is 8.62. The van der Waals surface area contributed by atoms with Gasteiger partial charge in [0.05, 0.1) is 18.7 Å². The molecule has 1 aromatic heterocycles. The molecule has 25 heavy (non-hydrogen) atoms. The van der Waals surface area contributed by atoms with Crippen LogP contribution in [0.4, 0.5) is 5.82 Å². The molecule has 0 aliphatic heterocycles. The zero-order valence-corrected chi connectivity index (χ0v) is 14.3. The number of methoxy groups -OCH3 is 1. The van der Waals surface area contributed by atoms with Crippen molar-refractivity contribution in [1.29, 1.82) is 0 Å². The van der Waals surface area contributed by atoms with Crippen molar-refractivity contribution in [3.63, 3.8) is 0 Å². The number of carboxylic acids is 1. The average Bonchev–Trinajstić information content (AvgIpc) is 2.67. The molecule has 1 aromatic carbocycles. The lowest BCUT2D eigenvalue weighted by molar-refractivity contribution is -0.144. The standard InChI is InChI=1S/C19H23N3O3/c1-25-15-8-6-13(7-9-15)17-10-11-18(22-21-17)20-12-14-4-2-3-5-16(14)19(23)24/h6-11,14,16H,2-5,12H2,1H3,(H,20,22)(H,23,24)/t14-,16-/m0/s1. The maximum Gasteiger partial charge on any atom is 0.306 e. The molecule has 0 bridgehead atoms. The third-order valence-corrected chi connectivity index (χ3v) is 4.82. The van der Waals surface area contributed by atoms with Gasteiger partial charge in [-0.25, -0.2) is 0 Å². The summed E-state index contributed by atoms with van der Waals surface area (Å²) in [5, 5.41) is 21.0. The monoisotopic (exact) mass is 341 g/mol.